The second kappa shape index (κ2) is 9.58. The number of rotatable bonds is 6. The van der Waals surface area contributed by atoms with Gasteiger partial charge in [0.1, 0.15) is 17.2 Å². The molecule has 28 heavy (non-hydrogen) atoms. The highest BCUT2D eigenvalue weighted by Crippen LogP contribution is 2.16. The molecule has 156 valence electrons. The van der Waals surface area contributed by atoms with Gasteiger partial charge in [0.05, 0.1) is 7.11 Å². The van der Waals surface area contributed by atoms with Gasteiger partial charge in [0.2, 0.25) is 5.91 Å². The lowest BCUT2D eigenvalue weighted by Gasteiger charge is -2.32. The number of hydrogen-bond donors (Lipinski definition) is 1. The summed E-state index contributed by atoms with van der Waals surface area (Å²) in [5, 5.41) is 2.67. The van der Waals surface area contributed by atoms with E-state index in [9.17, 15) is 14.4 Å². The number of nitrogens with zero attached hydrogens (tertiary/aromatic N) is 1. The lowest BCUT2D eigenvalue weighted by Crippen LogP contribution is -2.57. The number of ether oxygens (including phenoxy) is 2. The van der Waals surface area contributed by atoms with Crippen molar-refractivity contribution < 1.29 is 23.9 Å². The molecule has 0 aliphatic rings. The Morgan fingerprint density at radius 3 is 2.11 bits per heavy atom. The molecule has 0 saturated heterocycles. The van der Waals surface area contributed by atoms with Gasteiger partial charge in [-0.15, -0.1) is 0 Å². The maximum absolute atomic E-state index is 13.0. The van der Waals surface area contributed by atoms with Gasteiger partial charge in [-0.3, -0.25) is 9.69 Å². The van der Waals surface area contributed by atoms with Crippen LogP contribution in [0.15, 0.2) is 24.3 Å². The van der Waals surface area contributed by atoms with Crippen molar-refractivity contribution in [2.75, 3.05) is 14.2 Å². The predicted molar refractivity (Wildman–Crippen MR) is 115 cm³/mol. The number of carbonyl (C=O) groups excluding carboxylic acids is 3. The highest BCUT2D eigenvalue weighted by atomic mass is 127. The van der Waals surface area contributed by atoms with E-state index in [1.165, 1.54) is 19.1 Å². The molecule has 0 radical (unpaired) electrons. The number of amides is 2. The average Bonchev–Trinajstić information content (AvgIpc) is 2.57. The number of esters is 1. The van der Waals surface area contributed by atoms with E-state index in [0.29, 0.717) is 0 Å². The molecular weight excluding hydrogens is 475 g/mol. The number of likely N-dealkylation sites (N-methyl/N-ethyl adjacent to an activating group) is 1. The lowest BCUT2D eigenvalue weighted by molar-refractivity contribution is -0.150. The normalized spacial score (nSPS) is 12.7. The van der Waals surface area contributed by atoms with Crippen molar-refractivity contribution in [1.82, 2.24) is 10.2 Å². The first-order valence-electron chi connectivity index (χ1n) is 8.87. The van der Waals surface area contributed by atoms with E-state index in [1.807, 2.05) is 24.3 Å². The second-order valence-electron chi connectivity index (χ2n) is 8.04. The van der Waals surface area contributed by atoms with E-state index < -0.39 is 35.2 Å². The van der Waals surface area contributed by atoms with Crippen LogP contribution >= 0.6 is 22.6 Å². The third kappa shape index (κ3) is 7.29. The van der Waals surface area contributed by atoms with Crippen molar-refractivity contribution >= 4 is 40.6 Å². The molecule has 1 aromatic rings. The summed E-state index contributed by atoms with van der Waals surface area (Å²) < 4.78 is 11.2. The number of carbonyl (C=O) groups is 3. The van der Waals surface area contributed by atoms with Crippen LogP contribution in [0, 0.1) is 3.57 Å². The molecule has 1 rings (SSSR count). The molecule has 0 spiro atoms. The third-order valence-electron chi connectivity index (χ3n) is 3.93. The van der Waals surface area contributed by atoms with Crippen LogP contribution in [0.2, 0.25) is 0 Å². The van der Waals surface area contributed by atoms with Gasteiger partial charge in [0, 0.05) is 17.0 Å². The summed E-state index contributed by atoms with van der Waals surface area (Å²) >= 11 is 2.20. The highest BCUT2D eigenvalue weighted by molar-refractivity contribution is 14.1. The minimum atomic E-state index is -1.23. The topological polar surface area (TPSA) is 84.9 Å². The minimum absolute atomic E-state index is 0.274. The third-order valence-corrected chi connectivity index (χ3v) is 4.64. The molecular formula is C20H29IN2O5. The van der Waals surface area contributed by atoms with Crippen molar-refractivity contribution in [3.8, 4) is 0 Å². The Morgan fingerprint density at radius 1 is 1.11 bits per heavy atom. The van der Waals surface area contributed by atoms with Gasteiger partial charge in [-0.05, 0) is 74.9 Å². The Morgan fingerprint density at radius 2 is 1.64 bits per heavy atom. The maximum Gasteiger partial charge on any atom is 0.410 e. The fourth-order valence-electron chi connectivity index (χ4n) is 2.41. The van der Waals surface area contributed by atoms with Crippen LogP contribution in [0.1, 0.15) is 40.2 Å². The molecule has 1 unspecified atom stereocenters. The zero-order valence-electron chi connectivity index (χ0n) is 17.5. The maximum atomic E-state index is 13.0. The van der Waals surface area contributed by atoms with E-state index in [0.717, 1.165) is 9.13 Å². The van der Waals surface area contributed by atoms with Crippen molar-refractivity contribution in [2.24, 2.45) is 0 Å². The minimum Gasteiger partial charge on any atom is -0.467 e. The summed E-state index contributed by atoms with van der Waals surface area (Å²) in [6.45, 7) is 8.37. The molecule has 0 aliphatic carbocycles. The molecule has 1 aromatic carbocycles. The summed E-state index contributed by atoms with van der Waals surface area (Å²) in [4.78, 5) is 38.7. The number of halogens is 1. The van der Waals surface area contributed by atoms with Gasteiger partial charge in [-0.1, -0.05) is 12.1 Å². The lowest BCUT2D eigenvalue weighted by atomic mass is 10.0. The Kier molecular flexibility index (Phi) is 8.28. The van der Waals surface area contributed by atoms with E-state index in [4.69, 9.17) is 9.47 Å². The monoisotopic (exact) mass is 504 g/mol. The van der Waals surface area contributed by atoms with Gasteiger partial charge < -0.3 is 14.8 Å². The molecule has 8 heteroatoms. The molecule has 0 bridgehead atoms. The van der Waals surface area contributed by atoms with Gasteiger partial charge >= 0.3 is 12.1 Å². The van der Waals surface area contributed by atoms with Gasteiger partial charge in [-0.25, -0.2) is 9.59 Å². The Labute approximate surface area is 180 Å². The Balaban J connectivity index is 3.12. The summed E-state index contributed by atoms with van der Waals surface area (Å²) in [6.07, 6.45) is -0.343. The van der Waals surface area contributed by atoms with E-state index >= 15 is 0 Å². The summed E-state index contributed by atoms with van der Waals surface area (Å²) in [5.41, 5.74) is -1.04. The Hall–Kier alpha value is -1.84. The van der Waals surface area contributed by atoms with Crippen LogP contribution in [0.5, 0.6) is 0 Å². The first kappa shape index (κ1) is 24.2. The largest absolute Gasteiger partial charge is 0.467 e. The quantitative estimate of drug-likeness (QED) is 0.476. The molecule has 0 aromatic heterocycles. The summed E-state index contributed by atoms with van der Waals surface area (Å²) in [6, 6.07) is 6.79. The standard InChI is InChI=1S/C20H29IN2O5/c1-19(2,3)28-18(26)23(6)15(12-13-8-10-14(21)11-9-13)16(24)22-20(4,5)17(25)27-7/h8-11,15H,12H2,1-7H3,(H,22,24). The van der Waals surface area contributed by atoms with E-state index in [1.54, 1.807) is 34.6 Å². The first-order valence-corrected chi connectivity index (χ1v) is 9.95. The van der Waals surface area contributed by atoms with Crippen molar-refractivity contribution in [2.45, 2.75) is 58.2 Å². The van der Waals surface area contributed by atoms with Gasteiger partial charge in [0.15, 0.2) is 0 Å². The van der Waals surface area contributed by atoms with Crippen LogP contribution < -0.4 is 5.32 Å². The van der Waals surface area contributed by atoms with Crippen LogP contribution in [-0.2, 0) is 25.5 Å². The van der Waals surface area contributed by atoms with Crippen molar-refractivity contribution in [3.05, 3.63) is 33.4 Å². The summed E-state index contributed by atoms with van der Waals surface area (Å²) in [5.74, 6) is -1.05. The highest BCUT2D eigenvalue weighted by Gasteiger charge is 2.36. The fourth-order valence-corrected chi connectivity index (χ4v) is 2.77. The first-order chi connectivity index (χ1) is 12.8. The molecule has 0 heterocycles. The number of hydrogen-bond acceptors (Lipinski definition) is 5. The van der Waals surface area contributed by atoms with Crippen LogP contribution in [0.25, 0.3) is 0 Å². The van der Waals surface area contributed by atoms with E-state index in [2.05, 4.69) is 27.9 Å². The van der Waals surface area contributed by atoms with Crippen molar-refractivity contribution in [1.29, 1.82) is 0 Å². The summed E-state index contributed by atoms with van der Waals surface area (Å²) in [7, 11) is 2.77. The fraction of sp³-hybridized carbons (Fsp3) is 0.550. The molecule has 0 fully saturated rings. The average molecular weight is 504 g/mol. The van der Waals surface area contributed by atoms with Gasteiger partial charge in [-0.2, -0.15) is 0 Å². The SMILES string of the molecule is COC(=O)C(C)(C)NC(=O)C(Cc1ccc(I)cc1)N(C)C(=O)OC(C)(C)C. The van der Waals surface area contributed by atoms with Crippen LogP contribution in [0.4, 0.5) is 4.79 Å². The zero-order valence-corrected chi connectivity index (χ0v) is 19.6. The number of methoxy groups -OCH3 is 1. The molecule has 7 nitrogen and oxygen atoms in total. The Bertz CT molecular complexity index is 710. The van der Waals surface area contributed by atoms with Crippen molar-refractivity contribution in [3.63, 3.8) is 0 Å². The molecule has 1 atom stereocenters. The smallest absolute Gasteiger partial charge is 0.410 e. The predicted octanol–water partition coefficient (Wildman–Crippen LogP) is 3.14. The number of nitrogens with one attached hydrogen (secondary N) is 1. The number of benzene rings is 1. The van der Waals surface area contributed by atoms with Crippen LogP contribution in [0.3, 0.4) is 0 Å². The van der Waals surface area contributed by atoms with Gasteiger partial charge in [0.25, 0.3) is 0 Å². The zero-order chi connectivity index (χ0) is 21.7. The second-order valence-corrected chi connectivity index (χ2v) is 9.29. The molecule has 1 N–H and O–H groups in total. The molecule has 0 aliphatic heterocycles. The van der Waals surface area contributed by atoms with Crippen LogP contribution in [-0.4, -0.2) is 54.2 Å². The molecule has 0 saturated carbocycles. The molecule has 2 amide bonds. The van der Waals surface area contributed by atoms with E-state index in [-0.39, 0.29) is 6.42 Å².